The van der Waals surface area contributed by atoms with Crippen LogP contribution in [0.5, 0.6) is 0 Å². The van der Waals surface area contributed by atoms with E-state index in [1.54, 1.807) is 11.0 Å². The molecule has 2 aromatic carbocycles. The van der Waals surface area contributed by atoms with Gasteiger partial charge in [0.15, 0.2) is 0 Å². The van der Waals surface area contributed by atoms with Crippen molar-refractivity contribution < 1.29 is 19.4 Å². The molecule has 1 N–H and O–H groups in total. The number of ether oxygens (including phenoxy) is 1. The lowest BCUT2D eigenvalue weighted by atomic mass is 9.77. The number of hydrogen-bond acceptors (Lipinski definition) is 3. The third kappa shape index (κ3) is 1.93. The zero-order chi connectivity index (χ0) is 17.2. The van der Waals surface area contributed by atoms with Gasteiger partial charge in [-0.3, -0.25) is 9.59 Å². The summed E-state index contributed by atoms with van der Waals surface area (Å²) < 4.78 is 5.93. The van der Waals surface area contributed by atoms with Gasteiger partial charge in [0, 0.05) is 6.54 Å². The lowest BCUT2D eigenvalue weighted by Crippen LogP contribution is -2.39. The van der Waals surface area contributed by atoms with E-state index in [9.17, 15) is 14.7 Å². The minimum absolute atomic E-state index is 0.118. The molecule has 0 aliphatic carbocycles. The van der Waals surface area contributed by atoms with Crippen LogP contribution in [0.4, 0.5) is 0 Å². The molecular weight excluding hydrogens is 318 g/mol. The summed E-state index contributed by atoms with van der Waals surface area (Å²) >= 11 is 0. The van der Waals surface area contributed by atoms with Crippen LogP contribution in [0.3, 0.4) is 0 Å². The van der Waals surface area contributed by atoms with Crippen molar-refractivity contribution in [3.8, 4) is 0 Å². The highest BCUT2D eigenvalue weighted by Crippen LogP contribution is 2.52. The Morgan fingerprint density at radius 3 is 2.88 bits per heavy atom. The van der Waals surface area contributed by atoms with Gasteiger partial charge in [-0.2, -0.15) is 0 Å². The molecule has 3 heterocycles. The zero-order valence-electron chi connectivity index (χ0n) is 13.5. The van der Waals surface area contributed by atoms with Crippen LogP contribution < -0.4 is 0 Å². The SMILES string of the molecule is O=C(O)[C@@H]1[C@@H]2C=C[C@]3(CN(Cc4cccc5ccccc45)C(=O)[C@H]13)O2. The zero-order valence-corrected chi connectivity index (χ0v) is 13.5. The Hall–Kier alpha value is -2.66. The van der Waals surface area contributed by atoms with E-state index in [1.807, 2.05) is 48.5 Å². The summed E-state index contributed by atoms with van der Waals surface area (Å²) in [5.74, 6) is -2.47. The smallest absolute Gasteiger partial charge is 0.310 e. The molecule has 2 saturated heterocycles. The highest BCUT2D eigenvalue weighted by Gasteiger charge is 2.66. The number of nitrogens with zero attached hydrogens (tertiary/aromatic N) is 1. The van der Waals surface area contributed by atoms with Crippen LogP contribution in [0, 0.1) is 11.8 Å². The Kier molecular flexibility index (Phi) is 2.89. The van der Waals surface area contributed by atoms with Crippen molar-refractivity contribution in [1.82, 2.24) is 4.90 Å². The predicted octanol–water partition coefficient (Wildman–Crippen LogP) is 2.21. The van der Waals surface area contributed by atoms with Gasteiger partial charge in [-0.1, -0.05) is 54.6 Å². The second-order valence-corrected chi connectivity index (χ2v) is 7.07. The van der Waals surface area contributed by atoms with E-state index >= 15 is 0 Å². The maximum absolute atomic E-state index is 13.0. The van der Waals surface area contributed by atoms with E-state index in [0.717, 1.165) is 16.3 Å². The highest BCUT2D eigenvalue weighted by atomic mass is 16.5. The second-order valence-electron chi connectivity index (χ2n) is 7.07. The van der Waals surface area contributed by atoms with E-state index in [0.29, 0.717) is 13.1 Å². The molecule has 0 aromatic heterocycles. The van der Waals surface area contributed by atoms with Gasteiger partial charge in [-0.05, 0) is 16.3 Å². The van der Waals surface area contributed by atoms with Gasteiger partial charge in [-0.25, -0.2) is 0 Å². The number of benzene rings is 2. The van der Waals surface area contributed by atoms with Crippen molar-refractivity contribution in [2.24, 2.45) is 11.8 Å². The molecule has 126 valence electrons. The molecule has 0 saturated carbocycles. The van der Waals surface area contributed by atoms with Crippen molar-refractivity contribution in [2.45, 2.75) is 18.2 Å². The predicted molar refractivity (Wildman–Crippen MR) is 90.7 cm³/mol. The summed E-state index contributed by atoms with van der Waals surface area (Å²) in [4.78, 5) is 26.4. The van der Waals surface area contributed by atoms with Gasteiger partial charge < -0.3 is 14.7 Å². The summed E-state index contributed by atoms with van der Waals surface area (Å²) in [5.41, 5.74) is 0.295. The molecule has 4 atom stereocenters. The first-order chi connectivity index (χ1) is 12.1. The number of fused-ring (bicyclic) bond motifs is 2. The quantitative estimate of drug-likeness (QED) is 0.874. The Labute approximate surface area is 144 Å². The summed E-state index contributed by atoms with van der Waals surface area (Å²) in [6.45, 7) is 0.878. The fraction of sp³-hybridized carbons (Fsp3) is 0.300. The van der Waals surface area contributed by atoms with Crippen molar-refractivity contribution >= 4 is 22.6 Å². The fourth-order valence-electron chi connectivity index (χ4n) is 4.63. The average molecular weight is 335 g/mol. The van der Waals surface area contributed by atoms with Gasteiger partial charge in [-0.15, -0.1) is 0 Å². The van der Waals surface area contributed by atoms with Gasteiger partial charge >= 0.3 is 5.97 Å². The van der Waals surface area contributed by atoms with E-state index in [-0.39, 0.29) is 5.91 Å². The van der Waals surface area contributed by atoms with Gasteiger partial charge in [0.1, 0.15) is 11.5 Å². The van der Waals surface area contributed by atoms with Gasteiger partial charge in [0.2, 0.25) is 5.91 Å². The molecule has 0 unspecified atom stereocenters. The molecule has 2 aromatic rings. The van der Waals surface area contributed by atoms with Crippen LogP contribution in [0.25, 0.3) is 10.8 Å². The number of amides is 1. The molecule has 2 bridgehead atoms. The first-order valence-electron chi connectivity index (χ1n) is 8.44. The number of carboxylic acids is 1. The summed E-state index contributed by atoms with van der Waals surface area (Å²) in [6.07, 6.45) is 3.21. The third-order valence-corrected chi connectivity index (χ3v) is 5.71. The minimum Gasteiger partial charge on any atom is -0.481 e. The minimum atomic E-state index is -0.957. The molecule has 5 nitrogen and oxygen atoms in total. The van der Waals surface area contributed by atoms with E-state index in [2.05, 4.69) is 0 Å². The number of hydrogen-bond donors (Lipinski definition) is 1. The molecule has 1 amide bonds. The number of carboxylic acid groups (broad SMARTS) is 1. The van der Waals surface area contributed by atoms with Crippen LogP contribution in [-0.2, 0) is 20.9 Å². The molecule has 5 rings (SSSR count). The number of likely N-dealkylation sites (tertiary alicyclic amines) is 1. The number of carbonyl (C=O) groups is 2. The summed E-state index contributed by atoms with van der Waals surface area (Å²) in [6, 6.07) is 14.1. The third-order valence-electron chi connectivity index (χ3n) is 5.71. The van der Waals surface area contributed by atoms with Crippen LogP contribution in [-0.4, -0.2) is 40.1 Å². The first-order valence-corrected chi connectivity index (χ1v) is 8.44. The van der Waals surface area contributed by atoms with Crippen LogP contribution in [0.2, 0.25) is 0 Å². The normalized spacial score (nSPS) is 32.6. The van der Waals surface area contributed by atoms with E-state index in [1.165, 1.54) is 0 Å². The Balaban J connectivity index is 1.50. The van der Waals surface area contributed by atoms with Crippen LogP contribution >= 0.6 is 0 Å². The van der Waals surface area contributed by atoms with Gasteiger partial charge in [0.05, 0.1) is 18.6 Å². The molecule has 0 radical (unpaired) electrons. The lowest BCUT2D eigenvalue weighted by molar-refractivity contribution is -0.148. The number of rotatable bonds is 3. The standard InChI is InChI=1S/C20H17NO4/c22-18-17-16(19(23)24)15-8-9-20(17,25-15)11-21(18)10-13-6-3-5-12-4-1-2-7-14(12)13/h1-9,15-17H,10-11H2,(H,23,24)/t15-,16+,17-,20+/m0/s1. The maximum Gasteiger partial charge on any atom is 0.310 e. The van der Waals surface area contributed by atoms with Crippen molar-refractivity contribution in [3.05, 3.63) is 60.2 Å². The second kappa shape index (κ2) is 4.92. The summed E-state index contributed by atoms with van der Waals surface area (Å²) in [7, 11) is 0. The Morgan fingerprint density at radius 2 is 2.04 bits per heavy atom. The van der Waals surface area contributed by atoms with Crippen molar-refractivity contribution in [3.63, 3.8) is 0 Å². The first kappa shape index (κ1) is 14.7. The van der Waals surface area contributed by atoms with Crippen LogP contribution in [0.15, 0.2) is 54.6 Å². The molecule has 3 aliphatic heterocycles. The van der Waals surface area contributed by atoms with Gasteiger partial charge in [0.25, 0.3) is 0 Å². The van der Waals surface area contributed by atoms with E-state index < -0.39 is 29.5 Å². The lowest BCUT2D eigenvalue weighted by Gasteiger charge is -2.22. The van der Waals surface area contributed by atoms with Crippen molar-refractivity contribution in [1.29, 1.82) is 0 Å². The fourth-order valence-corrected chi connectivity index (χ4v) is 4.63. The average Bonchev–Trinajstić information content (AvgIpc) is 3.24. The topological polar surface area (TPSA) is 66.8 Å². The van der Waals surface area contributed by atoms with E-state index in [4.69, 9.17) is 4.74 Å². The highest BCUT2D eigenvalue weighted by molar-refractivity contribution is 5.91. The molecular formula is C20H17NO4. The molecule has 25 heavy (non-hydrogen) atoms. The number of carbonyl (C=O) groups excluding carboxylic acids is 1. The monoisotopic (exact) mass is 335 g/mol. The Morgan fingerprint density at radius 1 is 1.24 bits per heavy atom. The largest absolute Gasteiger partial charge is 0.481 e. The maximum atomic E-state index is 13.0. The molecule has 5 heteroatoms. The van der Waals surface area contributed by atoms with Crippen molar-refractivity contribution in [2.75, 3.05) is 6.54 Å². The number of aliphatic carboxylic acids is 1. The Bertz CT molecular complexity index is 931. The molecule has 3 aliphatic rings. The molecule has 2 fully saturated rings. The van der Waals surface area contributed by atoms with Crippen LogP contribution in [0.1, 0.15) is 5.56 Å². The molecule has 1 spiro atoms. The summed E-state index contributed by atoms with van der Waals surface area (Å²) in [5, 5.41) is 11.8.